The van der Waals surface area contributed by atoms with E-state index in [9.17, 15) is 27.2 Å². The number of amides is 2. The minimum Gasteiger partial charge on any atom is -0.349 e. The first kappa shape index (κ1) is 19.9. The van der Waals surface area contributed by atoms with Crippen LogP contribution in [0.25, 0.3) is 0 Å². The number of halogens is 4. The van der Waals surface area contributed by atoms with Gasteiger partial charge in [0.1, 0.15) is 5.82 Å². The van der Waals surface area contributed by atoms with Crippen LogP contribution in [0.15, 0.2) is 48.5 Å². The van der Waals surface area contributed by atoms with Gasteiger partial charge in [0.15, 0.2) is 0 Å². The van der Waals surface area contributed by atoms with Gasteiger partial charge in [-0.3, -0.25) is 9.59 Å². The van der Waals surface area contributed by atoms with Crippen LogP contribution in [0.2, 0.25) is 0 Å². The van der Waals surface area contributed by atoms with Crippen LogP contribution in [0.5, 0.6) is 0 Å². The minimum atomic E-state index is -4.61. The molecule has 1 heterocycles. The maximum absolute atomic E-state index is 13.1. The van der Waals surface area contributed by atoms with E-state index < -0.39 is 29.0 Å². The summed E-state index contributed by atoms with van der Waals surface area (Å²) in [7, 11) is 0. The summed E-state index contributed by atoms with van der Waals surface area (Å²) in [4.78, 5) is 26.3. The fraction of sp³-hybridized carbons (Fsp3) is 0.300. The van der Waals surface area contributed by atoms with E-state index in [0.29, 0.717) is 31.5 Å². The zero-order valence-corrected chi connectivity index (χ0v) is 14.8. The Balaban J connectivity index is 1.60. The van der Waals surface area contributed by atoms with Crippen LogP contribution in [0, 0.1) is 5.82 Å². The van der Waals surface area contributed by atoms with Gasteiger partial charge in [0.25, 0.3) is 11.8 Å². The summed E-state index contributed by atoms with van der Waals surface area (Å²) in [5.74, 6) is -1.46. The molecule has 2 amide bonds. The highest BCUT2D eigenvalue weighted by atomic mass is 19.4. The van der Waals surface area contributed by atoms with Gasteiger partial charge in [-0.1, -0.05) is 12.1 Å². The lowest BCUT2D eigenvalue weighted by Crippen LogP contribution is -2.46. The first-order valence-corrected chi connectivity index (χ1v) is 8.77. The number of rotatable bonds is 3. The van der Waals surface area contributed by atoms with Crippen LogP contribution in [-0.4, -0.2) is 35.8 Å². The Hall–Kier alpha value is -2.90. The Morgan fingerprint density at radius 1 is 0.964 bits per heavy atom. The molecule has 28 heavy (non-hydrogen) atoms. The number of nitrogens with one attached hydrogen (secondary N) is 1. The fourth-order valence-electron chi connectivity index (χ4n) is 3.19. The van der Waals surface area contributed by atoms with Gasteiger partial charge in [0.05, 0.1) is 11.1 Å². The topological polar surface area (TPSA) is 49.4 Å². The normalized spacial score (nSPS) is 15.4. The minimum absolute atomic E-state index is 0.243. The van der Waals surface area contributed by atoms with E-state index in [4.69, 9.17) is 0 Å². The van der Waals surface area contributed by atoms with Crippen molar-refractivity contribution in [3.63, 3.8) is 0 Å². The smallest absolute Gasteiger partial charge is 0.349 e. The van der Waals surface area contributed by atoms with Crippen LogP contribution in [0.1, 0.15) is 39.1 Å². The van der Waals surface area contributed by atoms with E-state index in [1.807, 2.05) is 0 Å². The highest BCUT2D eigenvalue weighted by Gasteiger charge is 2.35. The third-order valence-electron chi connectivity index (χ3n) is 4.69. The standard InChI is InChI=1S/C20H18F4N2O2/c21-14-7-5-13(6-8-14)19(28)26-11-9-15(10-12-26)25-18(27)16-3-1-2-4-17(16)20(22,23)24/h1-8,15H,9-12H2,(H,25,27). The van der Waals surface area contributed by atoms with Crippen molar-refractivity contribution >= 4 is 11.8 Å². The van der Waals surface area contributed by atoms with E-state index in [0.717, 1.165) is 12.1 Å². The number of piperidine rings is 1. The SMILES string of the molecule is O=C(NC1CCN(C(=O)c2ccc(F)cc2)CC1)c1ccccc1C(F)(F)F. The Morgan fingerprint density at radius 2 is 1.57 bits per heavy atom. The molecule has 1 fully saturated rings. The lowest BCUT2D eigenvalue weighted by atomic mass is 10.0. The van der Waals surface area contributed by atoms with Crippen molar-refractivity contribution in [1.82, 2.24) is 10.2 Å². The monoisotopic (exact) mass is 394 g/mol. The number of alkyl halides is 3. The molecule has 4 nitrogen and oxygen atoms in total. The average molecular weight is 394 g/mol. The summed E-state index contributed by atoms with van der Waals surface area (Å²) in [6, 6.07) is 9.53. The summed E-state index contributed by atoms with van der Waals surface area (Å²) in [5.41, 5.74) is -1.03. The molecule has 3 rings (SSSR count). The quantitative estimate of drug-likeness (QED) is 0.804. The van der Waals surface area contributed by atoms with Gasteiger partial charge in [-0.15, -0.1) is 0 Å². The first-order valence-electron chi connectivity index (χ1n) is 8.77. The first-order chi connectivity index (χ1) is 13.3. The number of nitrogens with zero attached hydrogens (tertiary/aromatic N) is 1. The number of hydrogen-bond donors (Lipinski definition) is 1. The molecule has 2 aromatic rings. The third kappa shape index (κ3) is 4.49. The summed E-state index contributed by atoms with van der Waals surface area (Å²) in [6.45, 7) is 0.699. The van der Waals surface area contributed by atoms with Crippen LogP contribution in [0.4, 0.5) is 17.6 Å². The predicted molar refractivity (Wildman–Crippen MR) is 94.2 cm³/mol. The molecule has 1 aliphatic heterocycles. The summed E-state index contributed by atoms with van der Waals surface area (Å²) in [5, 5.41) is 2.63. The molecule has 1 N–H and O–H groups in total. The van der Waals surface area contributed by atoms with Gasteiger partial charge in [-0.2, -0.15) is 13.2 Å². The van der Waals surface area contributed by atoms with Gasteiger partial charge in [-0.05, 0) is 49.2 Å². The zero-order valence-electron chi connectivity index (χ0n) is 14.8. The number of carbonyl (C=O) groups excluding carboxylic acids is 2. The molecule has 1 saturated heterocycles. The van der Waals surface area contributed by atoms with Crippen molar-refractivity contribution in [3.05, 3.63) is 71.0 Å². The van der Waals surface area contributed by atoms with E-state index in [1.54, 1.807) is 4.90 Å². The molecule has 0 spiro atoms. The van der Waals surface area contributed by atoms with Gasteiger partial charge >= 0.3 is 6.18 Å². The number of hydrogen-bond acceptors (Lipinski definition) is 2. The molecular weight excluding hydrogens is 376 g/mol. The number of carbonyl (C=O) groups is 2. The van der Waals surface area contributed by atoms with Crippen molar-refractivity contribution in [2.45, 2.75) is 25.1 Å². The molecule has 148 valence electrons. The van der Waals surface area contributed by atoms with Crippen molar-refractivity contribution in [2.24, 2.45) is 0 Å². The number of likely N-dealkylation sites (tertiary alicyclic amines) is 1. The molecule has 8 heteroatoms. The summed E-state index contributed by atoms with van der Waals surface area (Å²) >= 11 is 0. The maximum Gasteiger partial charge on any atom is 0.417 e. The Bertz CT molecular complexity index is 857. The van der Waals surface area contributed by atoms with Crippen molar-refractivity contribution in [3.8, 4) is 0 Å². The summed E-state index contributed by atoms with van der Waals surface area (Å²) < 4.78 is 52.2. The molecule has 1 aliphatic rings. The van der Waals surface area contributed by atoms with Gasteiger partial charge in [0, 0.05) is 24.7 Å². The zero-order chi connectivity index (χ0) is 20.3. The Labute approximate surface area is 159 Å². The van der Waals surface area contributed by atoms with Crippen LogP contribution in [0.3, 0.4) is 0 Å². The highest BCUT2D eigenvalue weighted by molar-refractivity contribution is 5.96. The van der Waals surface area contributed by atoms with Crippen molar-refractivity contribution in [2.75, 3.05) is 13.1 Å². The van der Waals surface area contributed by atoms with Crippen LogP contribution < -0.4 is 5.32 Å². The lowest BCUT2D eigenvalue weighted by Gasteiger charge is -2.32. The Morgan fingerprint density at radius 3 is 2.18 bits per heavy atom. The maximum atomic E-state index is 13.1. The molecular formula is C20H18F4N2O2. The molecule has 0 aliphatic carbocycles. The second kappa shape index (κ2) is 8.00. The van der Waals surface area contributed by atoms with E-state index in [1.165, 1.54) is 36.4 Å². The van der Waals surface area contributed by atoms with E-state index in [-0.39, 0.29) is 11.9 Å². The predicted octanol–water partition coefficient (Wildman–Crippen LogP) is 3.88. The molecule has 0 atom stereocenters. The molecule has 0 unspecified atom stereocenters. The van der Waals surface area contributed by atoms with Crippen LogP contribution >= 0.6 is 0 Å². The van der Waals surface area contributed by atoms with Crippen molar-refractivity contribution in [1.29, 1.82) is 0 Å². The third-order valence-corrected chi connectivity index (χ3v) is 4.69. The molecule has 2 aromatic carbocycles. The summed E-state index contributed by atoms with van der Waals surface area (Å²) in [6.07, 6.45) is -3.77. The molecule has 0 bridgehead atoms. The molecule has 0 radical (unpaired) electrons. The molecule has 0 saturated carbocycles. The van der Waals surface area contributed by atoms with Gasteiger partial charge in [-0.25, -0.2) is 4.39 Å². The second-order valence-electron chi connectivity index (χ2n) is 6.59. The largest absolute Gasteiger partial charge is 0.417 e. The fourth-order valence-corrected chi connectivity index (χ4v) is 3.19. The number of benzene rings is 2. The lowest BCUT2D eigenvalue weighted by molar-refractivity contribution is -0.137. The molecule has 0 aromatic heterocycles. The van der Waals surface area contributed by atoms with Crippen molar-refractivity contribution < 1.29 is 27.2 Å². The Kier molecular flexibility index (Phi) is 5.67. The van der Waals surface area contributed by atoms with Gasteiger partial charge in [0.2, 0.25) is 0 Å². The second-order valence-corrected chi connectivity index (χ2v) is 6.59. The van der Waals surface area contributed by atoms with Crippen LogP contribution in [-0.2, 0) is 6.18 Å². The van der Waals surface area contributed by atoms with E-state index >= 15 is 0 Å². The van der Waals surface area contributed by atoms with Gasteiger partial charge < -0.3 is 10.2 Å². The van der Waals surface area contributed by atoms with E-state index in [2.05, 4.69) is 5.32 Å². The average Bonchev–Trinajstić information content (AvgIpc) is 2.68. The highest BCUT2D eigenvalue weighted by Crippen LogP contribution is 2.32.